The first-order valence-electron chi connectivity index (χ1n) is 10.3. The average Bonchev–Trinajstić information content (AvgIpc) is 3.19. The van der Waals surface area contributed by atoms with Crippen LogP contribution in [0.4, 0.5) is 0 Å². The van der Waals surface area contributed by atoms with Gasteiger partial charge in [0.1, 0.15) is 11.5 Å². The van der Waals surface area contributed by atoms with Gasteiger partial charge in [0.2, 0.25) is 5.82 Å². The summed E-state index contributed by atoms with van der Waals surface area (Å²) in [6.07, 6.45) is 0.554. The summed E-state index contributed by atoms with van der Waals surface area (Å²) in [5, 5.41) is 8.01. The molecule has 1 N–H and O–H groups in total. The molecule has 2 aromatic carbocycles. The fourth-order valence-electron chi connectivity index (χ4n) is 3.13. The highest BCUT2D eigenvalue weighted by molar-refractivity contribution is 6.32. The van der Waals surface area contributed by atoms with Gasteiger partial charge in [-0.15, -0.1) is 0 Å². The molecular formula is C24H28ClN3O3. The Hall–Kier alpha value is -2.70. The van der Waals surface area contributed by atoms with Crippen LogP contribution in [0.15, 0.2) is 47.0 Å². The van der Waals surface area contributed by atoms with Crippen molar-refractivity contribution >= 4 is 17.4 Å². The normalized spacial score (nSPS) is 11.7. The Morgan fingerprint density at radius 1 is 1.16 bits per heavy atom. The van der Waals surface area contributed by atoms with Crippen LogP contribution in [0.3, 0.4) is 0 Å². The maximum atomic E-state index is 11.2. The minimum Gasteiger partial charge on any atom is -0.489 e. The topological polar surface area (TPSA) is 77.2 Å². The largest absolute Gasteiger partial charge is 0.489 e. The summed E-state index contributed by atoms with van der Waals surface area (Å²) in [4.78, 5) is 15.7. The Labute approximate surface area is 188 Å². The van der Waals surface area contributed by atoms with Gasteiger partial charge in [0.25, 0.3) is 5.89 Å². The van der Waals surface area contributed by atoms with Crippen molar-refractivity contribution in [1.29, 1.82) is 0 Å². The van der Waals surface area contributed by atoms with Gasteiger partial charge in [-0.3, -0.25) is 4.79 Å². The number of carbonyl (C=O) groups is 1. The van der Waals surface area contributed by atoms with Gasteiger partial charge in [0, 0.05) is 29.6 Å². The molecule has 3 rings (SSSR count). The van der Waals surface area contributed by atoms with Crippen LogP contribution in [-0.4, -0.2) is 28.6 Å². The highest BCUT2D eigenvalue weighted by atomic mass is 35.5. The Balaban J connectivity index is 1.74. The van der Waals surface area contributed by atoms with E-state index in [0.29, 0.717) is 35.5 Å². The zero-order chi connectivity index (χ0) is 22.6. The molecule has 0 saturated heterocycles. The Kier molecular flexibility index (Phi) is 7.13. The van der Waals surface area contributed by atoms with E-state index >= 15 is 0 Å². The van der Waals surface area contributed by atoms with Gasteiger partial charge in [-0.05, 0) is 70.5 Å². The summed E-state index contributed by atoms with van der Waals surface area (Å²) in [5.74, 6) is 1.69. The number of Topliss-reactive ketones (excluding diaryl/α,β-unsaturated/α-hetero) is 1. The minimum atomic E-state index is -0.259. The molecule has 0 atom stereocenters. The predicted octanol–water partition coefficient (Wildman–Crippen LogP) is 5.65. The van der Waals surface area contributed by atoms with Crippen LogP contribution in [-0.2, 0) is 10.3 Å². The standard InChI is InChI=1S/C24H28ClN3O3/c1-15(2)30-21-11-8-18(14-20(21)25)22-27-23(31-28-22)17-6-9-19(10-7-17)24(4,5)26-13-12-16(3)29/h6-11,14-15,26H,12-13H2,1-5H3. The van der Waals surface area contributed by atoms with Crippen LogP contribution in [0.1, 0.15) is 46.6 Å². The summed E-state index contributed by atoms with van der Waals surface area (Å²) < 4.78 is 11.1. The third-order valence-electron chi connectivity index (χ3n) is 4.88. The van der Waals surface area contributed by atoms with Gasteiger partial charge in [0.05, 0.1) is 11.1 Å². The van der Waals surface area contributed by atoms with E-state index in [1.165, 1.54) is 0 Å². The van der Waals surface area contributed by atoms with Crippen molar-refractivity contribution in [3.05, 3.63) is 53.1 Å². The third kappa shape index (κ3) is 5.93. The number of benzene rings is 2. The molecule has 0 bridgehead atoms. The van der Waals surface area contributed by atoms with Gasteiger partial charge in [-0.1, -0.05) is 28.9 Å². The van der Waals surface area contributed by atoms with Gasteiger partial charge < -0.3 is 14.6 Å². The van der Waals surface area contributed by atoms with Crippen LogP contribution in [0.2, 0.25) is 5.02 Å². The molecule has 1 aromatic heterocycles. The number of aromatic nitrogens is 2. The van der Waals surface area contributed by atoms with E-state index in [2.05, 4.69) is 29.3 Å². The van der Waals surface area contributed by atoms with Crippen molar-refractivity contribution in [3.8, 4) is 28.6 Å². The number of halogens is 1. The smallest absolute Gasteiger partial charge is 0.258 e. The van der Waals surface area contributed by atoms with Gasteiger partial charge in [-0.25, -0.2) is 0 Å². The molecule has 0 radical (unpaired) electrons. The third-order valence-corrected chi connectivity index (χ3v) is 5.17. The highest BCUT2D eigenvalue weighted by Gasteiger charge is 2.20. The van der Waals surface area contributed by atoms with Crippen molar-refractivity contribution in [2.45, 2.75) is 52.7 Å². The monoisotopic (exact) mass is 441 g/mol. The SMILES string of the molecule is CC(=O)CCNC(C)(C)c1ccc(-c2nc(-c3ccc(OC(C)C)c(Cl)c3)no2)cc1. The molecule has 1 heterocycles. The molecule has 0 aliphatic heterocycles. The predicted molar refractivity (Wildman–Crippen MR) is 122 cm³/mol. The molecule has 0 amide bonds. The quantitative estimate of drug-likeness (QED) is 0.462. The first-order chi connectivity index (χ1) is 14.7. The van der Waals surface area contributed by atoms with Crippen LogP contribution < -0.4 is 10.1 Å². The number of rotatable bonds is 9. The average molecular weight is 442 g/mol. The second kappa shape index (κ2) is 9.62. The van der Waals surface area contributed by atoms with Crippen molar-refractivity contribution in [3.63, 3.8) is 0 Å². The summed E-state index contributed by atoms with van der Waals surface area (Å²) in [5.41, 5.74) is 2.42. The van der Waals surface area contributed by atoms with Crippen molar-refractivity contribution in [2.75, 3.05) is 6.54 Å². The van der Waals surface area contributed by atoms with E-state index in [9.17, 15) is 4.79 Å². The number of carbonyl (C=O) groups excluding carboxylic acids is 1. The first kappa shape index (κ1) is 23.0. The summed E-state index contributed by atoms with van der Waals surface area (Å²) in [7, 11) is 0. The zero-order valence-electron chi connectivity index (χ0n) is 18.5. The zero-order valence-corrected chi connectivity index (χ0v) is 19.3. The van der Waals surface area contributed by atoms with E-state index in [-0.39, 0.29) is 17.4 Å². The lowest BCUT2D eigenvalue weighted by Crippen LogP contribution is -2.37. The van der Waals surface area contributed by atoms with Gasteiger partial charge in [0.15, 0.2) is 0 Å². The Morgan fingerprint density at radius 3 is 2.45 bits per heavy atom. The summed E-state index contributed by atoms with van der Waals surface area (Å²) >= 11 is 6.32. The van der Waals surface area contributed by atoms with Crippen molar-refractivity contribution in [1.82, 2.24) is 15.5 Å². The molecule has 3 aromatic rings. The van der Waals surface area contributed by atoms with E-state index < -0.39 is 0 Å². The van der Waals surface area contributed by atoms with Crippen LogP contribution >= 0.6 is 11.6 Å². The lowest BCUT2D eigenvalue weighted by molar-refractivity contribution is -0.116. The first-order valence-corrected chi connectivity index (χ1v) is 10.7. The van der Waals surface area contributed by atoms with E-state index in [0.717, 1.165) is 16.7 Å². The van der Waals surface area contributed by atoms with E-state index in [1.807, 2.05) is 50.2 Å². The number of hydrogen-bond donors (Lipinski definition) is 1. The molecule has 0 aliphatic rings. The number of nitrogens with one attached hydrogen (secondary N) is 1. The number of nitrogens with zero attached hydrogens (tertiary/aromatic N) is 2. The van der Waals surface area contributed by atoms with Crippen LogP contribution in [0, 0.1) is 0 Å². The van der Waals surface area contributed by atoms with E-state index in [1.54, 1.807) is 13.0 Å². The van der Waals surface area contributed by atoms with Gasteiger partial charge in [-0.2, -0.15) is 4.98 Å². The molecule has 7 heteroatoms. The molecule has 164 valence electrons. The fraction of sp³-hybridized carbons (Fsp3) is 0.375. The minimum absolute atomic E-state index is 0.0393. The molecule has 0 spiro atoms. The number of ether oxygens (including phenoxy) is 1. The lowest BCUT2D eigenvalue weighted by atomic mass is 9.93. The molecule has 0 aliphatic carbocycles. The van der Waals surface area contributed by atoms with Crippen molar-refractivity contribution in [2.24, 2.45) is 0 Å². The maximum absolute atomic E-state index is 11.2. The van der Waals surface area contributed by atoms with E-state index in [4.69, 9.17) is 20.9 Å². The second-order valence-corrected chi connectivity index (χ2v) is 8.72. The lowest BCUT2D eigenvalue weighted by Gasteiger charge is -2.27. The molecule has 6 nitrogen and oxygen atoms in total. The molecule has 0 fully saturated rings. The molecular weight excluding hydrogens is 414 g/mol. The Bertz CT molecular complexity index is 1040. The Morgan fingerprint density at radius 2 is 1.84 bits per heavy atom. The summed E-state index contributed by atoms with van der Waals surface area (Å²) in [6, 6.07) is 13.4. The molecule has 0 unspecified atom stereocenters. The summed E-state index contributed by atoms with van der Waals surface area (Å²) in [6.45, 7) is 10.3. The molecule has 31 heavy (non-hydrogen) atoms. The highest BCUT2D eigenvalue weighted by Crippen LogP contribution is 2.31. The van der Waals surface area contributed by atoms with Crippen LogP contribution in [0.25, 0.3) is 22.8 Å². The van der Waals surface area contributed by atoms with Crippen LogP contribution in [0.5, 0.6) is 5.75 Å². The number of hydrogen-bond acceptors (Lipinski definition) is 6. The maximum Gasteiger partial charge on any atom is 0.258 e. The second-order valence-electron chi connectivity index (χ2n) is 8.32. The van der Waals surface area contributed by atoms with Gasteiger partial charge >= 0.3 is 0 Å². The van der Waals surface area contributed by atoms with Crippen molar-refractivity contribution < 1.29 is 14.1 Å². The fourth-order valence-corrected chi connectivity index (χ4v) is 3.36. The molecule has 0 saturated carbocycles. The number of ketones is 1.